The zero-order chi connectivity index (χ0) is 17.8. The molecule has 0 radical (unpaired) electrons. The van der Waals surface area contributed by atoms with Gasteiger partial charge >= 0.3 is 0 Å². The fraction of sp³-hybridized carbons (Fsp3) is 0.125. The van der Waals surface area contributed by atoms with Gasteiger partial charge in [-0.05, 0) is 16.8 Å². The van der Waals surface area contributed by atoms with Crippen LogP contribution in [0.4, 0.5) is 0 Å². The molecule has 1 aliphatic carbocycles. The maximum Gasteiger partial charge on any atom is 0.213 e. The maximum absolute atomic E-state index is 12.6. The molecule has 0 saturated heterocycles. The Labute approximate surface area is 157 Å². The van der Waals surface area contributed by atoms with E-state index < -0.39 is 0 Å². The summed E-state index contributed by atoms with van der Waals surface area (Å²) in [7, 11) is -0.139. The Balaban J connectivity index is 1.71. The first-order chi connectivity index (χ1) is 12.8. The predicted octanol–water partition coefficient (Wildman–Crippen LogP) is 5.57. The summed E-state index contributed by atoms with van der Waals surface area (Å²) in [5, 5.41) is 2.55. The van der Waals surface area contributed by atoms with Crippen molar-refractivity contribution in [2.24, 2.45) is 0 Å². The largest absolute Gasteiger partial charge is 0.289 e. The lowest BCUT2D eigenvalue weighted by atomic mass is 10.1. The highest BCUT2D eigenvalue weighted by Gasteiger charge is 2.31. The third-order valence-electron chi connectivity index (χ3n) is 4.67. The number of hydrogen-bond donors (Lipinski definition) is 0. The van der Waals surface area contributed by atoms with E-state index >= 15 is 0 Å². The Morgan fingerprint density at radius 3 is 2.42 bits per heavy atom. The van der Waals surface area contributed by atoms with Gasteiger partial charge in [-0.3, -0.25) is 4.79 Å². The minimum atomic E-state index is -0.139. The van der Waals surface area contributed by atoms with Crippen molar-refractivity contribution in [3.05, 3.63) is 107 Å². The molecule has 0 aromatic heterocycles. The fourth-order valence-electron chi connectivity index (χ4n) is 3.37. The molecule has 26 heavy (non-hydrogen) atoms. The Hall–Kier alpha value is -2.58. The van der Waals surface area contributed by atoms with E-state index in [-0.39, 0.29) is 16.7 Å². The monoisotopic (exact) mass is 357 g/mol. The molecule has 0 heterocycles. The number of hydrogen-bond acceptors (Lipinski definition) is 1. The third kappa shape index (κ3) is 3.66. The topological polar surface area (TPSA) is 17.1 Å². The van der Waals surface area contributed by atoms with Crippen molar-refractivity contribution in [1.29, 1.82) is 0 Å². The standard InChI is InChI=1S/C24H21OS/c25-23-15-6-7-16-24(23)26(17-19-9-2-1-3-10-19)18-21-13-8-12-20-11-4-5-14-22(20)21/h1-14,16H,15,17-18H2/q+1. The molecule has 4 rings (SSSR count). The minimum Gasteiger partial charge on any atom is -0.289 e. The number of ketones is 1. The van der Waals surface area contributed by atoms with Crippen LogP contribution < -0.4 is 0 Å². The summed E-state index contributed by atoms with van der Waals surface area (Å²) in [6.45, 7) is 0. The highest BCUT2D eigenvalue weighted by atomic mass is 32.2. The number of carbonyl (C=O) groups excluding carboxylic acids is 1. The summed E-state index contributed by atoms with van der Waals surface area (Å²) in [6.07, 6.45) is 6.54. The zero-order valence-electron chi connectivity index (χ0n) is 14.6. The molecular formula is C24H21OS+. The average molecular weight is 357 g/mol. The SMILES string of the molecule is O=C1CC=CC=C1[S+](Cc1ccccc1)Cc1cccc2ccccc12. The zero-order valence-corrected chi connectivity index (χ0v) is 15.4. The van der Waals surface area contributed by atoms with Gasteiger partial charge in [0.1, 0.15) is 11.5 Å². The van der Waals surface area contributed by atoms with Crippen molar-refractivity contribution >= 4 is 27.5 Å². The van der Waals surface area contributed by atoms with Crippen LogP contribution in [0.15, 0.2) is 95.9 Å². The Morgan fingerprint density at radius 2 is 1.58 bits per heavy atom. The molecule has 1 atom stereocenters. The smallest absolute Gasteiger partial charge is 0.213 e. The molecule has 0 spiro atoms. The van der Waals surface area contributed by atoms with Crippen molar-refractivity contribution in [3.8, 4) is 0 Å². The summed E-state index contributed by atoms with van der Waals surface area (Å²) >= 11 is 0. The highest BCUT2D eigenvalue weighted by Crippen LogP contribution is 2.29. The molecule has 128 valence electrons. The predicted molar refractivity (Wildman–Crippen MR) is 112 cm³/mol. The molecule has 0 saturated carbocycles. The van der Waals surface area contributed by atoms with Gasteiger partial charge in [0, 0.05) is 28.4 Å². The summed E-state index contributed by atoms with van der Waals surface area (Å²) < 4.78 is 0. The van der Waals surface area contributed by atoms with Crippen LogP contribution in [0.2, 0.25) is 0 Å². The fourth-order valence-corrected chi connectivity index (χ4v) is 5.68. The molecule has 1 unspecified atom stereocenters. The number of allylic oxidation sites excluding steroid dienone is 4. The molecule has 0 amide bonds. The first-order valence-corrected chi connectivity index (χ1v) is 10.5. The maximum atomic E-state index is 12.6. The van der Waals surface area contributed by atoms with Crippen LogP contribution >= 0.6 is 0 Å². The quantitative estimate of drug-likeness (QED) is 0.546. The molecule has 0 fully saturated rings. The van der Waals surface area contributed by atoms with Gasteiger partial charge < -0.3 is 0 Å². The number of rotatable bonds is 5. The first-order valence-electron chi connectivity index (χ1n) is 8.89. The van der Waals surface area contributed by atoms with E-state index in [4.69, 9.17) is 0 Å². The van der Waals surface area contributed by atoms with Crippen LogP contribution in [0.5, 0.6) is 0 Å². The summed E-state index contributed by atoms with van der Waals surface area (Å²) in [5.74, 6) is 2.09. The van der Waals surface area contributed by atoms with Crippen LogP contribution in [0.3, 0.4) is 0 Å². The summed E-state index contributed by atoms with van der Waals surface area (Å²) in [4.78, 5) is 13.6. The van der Waals surface area contributed by atoms with E-state index in [1.54, 1.807) is 0 Å². The number of benzene rings is 3. The number of fused-ring (bicyclic) bond motifs is 1. The Kier molecular flexibility index (Phi) is 5.03. The third-order valence-corrected chi connectivity index (χ3v) is 6.99. The van der Waals surface area contributed by atoms with Crippen molar-refractivity contribution in [1.82, 2.24) is 0 Å². The van der Waals surface area contributed by atoms with Crippen LogP contribution in [0.25, 0.3) is 10.8 Å². The van der Waals surface area contributed by atoms with Crippen molar-refractivity contribution in [3.63, 3.8) is 0 Å². The van der Waals surface area contributed by atoms with Crippen LogP contribution in [-0.4, -0.2) is 5.78 Å². The lowest BCUT2D eigenvalue weighted by molar-refractivity contribution is -0.114. The van der Waals surface area contributed by atoms with Gasteiger partial charge in [0.15, 0.2) is 4.91 Å². The summed E-state index contributed by atoms with van der Waals surface area (Å²) in [5.41, 5.74) is 2.62. The second kappa shape index (κ2) is 7.76. The average Bonchev–Trinajstić information content (AvgIpc) is 2.69. The number of Topliss-reactive ketones (excluding diaryl/α,β-unsaturated/α-hetero) is 1. The molecule has 0 N–H and O–H groups in total. The van der Waals surface area contributed by atoms with Gasteiger partial charge in [-0.25, -0.2) is 0 Å². The molecule has 3 aromatic rings. The molecule has 0 aliphatic heterocycles. The van der Waals surface area contributed by atoms with E-state index in [9.17, 15) is 4.79 Å². The highest BCUT2D eigenvalue weighted by molar-refractivity contribution is 8.00. The van der Waals surface area contributed by atoms with Gasteiger partial charge in [0.05, 0.1) is 0 Å². The Bertz CT molecular complexity index is 980. The first kappa shape index (κ1) is 16.9. The van der Waals surface area contributed by atoms with Gasteiger partial charge in [-0.15, -0.1) is 0 Å². The van der Waals surface area contributed by atoms with Crippen molar-refractivity contribution in [2.75, 3.05) is 0 Å². The van der Waals surface area contributed by atoms with Gasteiger partial charge in [0.2, 0.25) is 5.78 Å². The van der Waals surface area contributed by atoms with E-state index in [1.807, 2.05) is 24.3 Å². The van der Waals surface area contributed by atoms with Crippen molar-refractivity contribution in [2.45, 2.75) is 17.9 Å². The molecular weight excluding hydrogens is 336 g/mol. The van der Waals surface area contributed by atoms with E-state index in [0.29, 0.717) is 6.42 Å². The van der Waals surface area contributed by atoms with E-state index in [2.05, 4.69) is 66.7 Å². The molecule has 3 aromatic carbocycles. The van der Waals surface area contributed by atoms with Crippen molar-refractivity contribution < 1.29 is 4.79 Å². The van der Waals surface area contributed by atoms with Gasteiger partial charge in [0.25, 0.3) is 0 Å². The van der Waals surface area contributed by atoms with E-state index in [1.165, 1.54) is 21.9 Å². The van der Waals surface area contributed by atoms with Gasteiger partial charge in [-0.1, -0.05) is 84.9 Å². The molecule has 1 nitrogen and oxygen atoms in total. The second-order valence-corrected chi connectivity index (χ2v) is 8.49. The Morgan fingerprint density at radius 1 is 0.808 bits per heavy atom. The van der Waals surface area contributed by atoms with Gasteiger partial charge in [-0.2, -0.15) is 0 Å². The van der Waals surface area contributed by atoms with Crippen LogP contribution in [0, 0.1) is 0 Å². The molecule has 2 heteroatoms. The lowest BCUT2D eigenvalue weighted by Gasteiger charge is -2.14. The lowest BCUT2D eigenvalue weighted by Crippen LogP contribution is -2.19. The molecule has 0 bridgehead atoms. The second-order valence-electron chi connectivity index (χ2n) is 6.49. The molecule has 1 aliphatic rings. The van der Waals surface area contributed by atoms with Crippen LogP contribution in [0.1, 0.15) is 17.5 Å². The van der Waals surface area contributed by atoms with E-state index in [0.717, 1.165) is 16.4 Å². The minimum absolute atomic E-state index is 0.139. The normalized spacial score (nSPS) is 15.1. The van der Waals surface area contributed by atoms with Crippen LogP contribution in [-0.2, 0) is 27.2 Å². The summed E-state index contributed by atoms with van der Waals surface area (Å²) in [6, 6.07) is 25.5. The number of carbonyl (C=O) groups is 1.